The van der Waals surface area contributed by atoms with E-state index < -0.39 is 5.97 Å². The van der Waals surface area contributed by atoms with Crippen molar-refractivity contribution in [3.05, 3.63) is 58.3 Å². The number of aromatic carboxylic acids is 1. The van der Waals surface area contributed by atoms with Gasteiger partial charge in [-0.3, -0.25) is 4.40 Å². The molecule has 3 rings (SSSR count). The van der Waals surface area contributed by atoms with E-state index in [-0.39, 0.29) is 5.56 Å². The van der Waals surface area contributed by atoms with Gasteiger partial charge in [0.25, 0.3) is 0 Å². The number of carboxylic acids is 1. The van der Waals surface area contributed by atoms with Crippen LogP contribution in [0.25, 0.3) is 5.65 Å². The molecule has 2 heterocycles. The summed E-state index contributed by atoms with van der Waals surface area (Å²) in [5.74, 6) is -0.415. The zero-order chi connectivity index (χ0) is 15.7. The third-order valence-electron chi connectivity index (χ3n) is 3.12. The van der Waals surface area contributed by atoms with Crippen LogP contribution in [0.1, 0.15) is 16.1 Å². The molecule has 110 valence electrons. The molecule has 0 unspecified atom stereocenters. The topological polar surface area (TPSA) is 79.3 Å². The number of pyridine rings is 1. The van der Waals surface area contributed by atoms with Crippen LogP contribution in [-0.4, -0.2) is 20.5 Å². The van der Waals surface area contributed by atoms with Crippen molar-refractivity contribution in [2.24, 2.45) is 10.2 Å². The average molecular weight is 359 g/mol. The fourth-order valence-corrected chi connectivity index (χ4v) is 2.40. The van der Waals surface area contributed by atoms with Gasteiger partial charge in [-0.05, 0) is 47.1 Å². The van der Waals surface area contributed by atoms with Crippen molar-refractivity contribution >= 4 is 39.1 Å². The van der Waals surface area contributed by atoms with E-state index in [1.54, 1.807) is 10.6 Å². The maximum atomic E-state index is 11.0. The lowest BCUT2D eigenvalue weighted by Gasteiger charge is -1.99. The Morgan fingerprint density at radius 3 is 2.77 bits per heavy atom. The van der Waals surface area contributed by atoms with Gasteiger partial charge in [-0.25, -0.2) is 9.78 Å². The smallest absolute Gasteiger partial charge is 0.335 e. The van der Waals surface area contributed by atoms with Gasteiger partial charge in [0.05, 0.1) is 16.9 Å². The van der Waals surface area contributed by atoms with Gasteiger partial charge in [0.2, 0.25) is 0 Å². The molecule has 0 saturated heterocycles. The Labute approximate surface area is 134 Å². The molecule has 0 aliphatic carbocycles. The number of fused-ring (bicyclic) bond motifs is 1. The van der Waals surface area contributed by atoms with Crippen LogP contribution in [0.5, 0.6) is 0 Å². The predicted octanol–water partition coefficient (Wildman–Crippen LogP) is 4.52. The largest absolute Gasteiger partial charge is 0.478 e. The molecule has 0 atom stereocenters. The first-order valence-corrected chi connectivity index (χ1v) is 7.24. The first-order chi connectivity index (χ1) is 10.6. The minimum Gasteiger partial charge on any atom is -0.478 e. The zero-order valence-electron chi connectivity index (χ0n) is 11.6. The van der Waals surface area contributed by atoms with Crippen molar-refractivity contribution in [1.29, 1.82) is 0 Å². The van der Waals surface area contributed by atoms with E-state index in [1.807, 2.05) is 31.2 Å². The molecule has 7 heteroatoms. The second-order valence-electron chi connectivity index (χ2n) is 4.62. The van der Waals surface area contributed by atoms with Crippen molar-refractivity contribution in [3.63, 3.8) is 0 Å². The summed E-state index contributed by atoms with van der Waals surface area (Å²) in [5.41, 5.74) is 2.10. The second kappa shape index (κ2) is 5.69. The van der Waals surface area contributed by atoms with Gasteiger partial charge >= 0.3 is 5.97 Å². The number of benzene rings is 1. The van der Waals surface area contributed by atoms with Gasteiger partial charge in [0.1, 0.15) is 5.65 Å². The van der Waals surface area contributed by atoms with Gasteiger partial charge in [0, 0.05) is 10.7 Å². The van der Waals surface area contributed by atoms with Gasteiger partial charge < -0.3 is 5.11 Å². The summed E-state index contributed by atoms with van der Waals surface area (Å²) in [6, 6.07) is 10.5. The molecular weight excluding hydrogens is 348 g/mol. The van der Waals surface area contributed by atoms with E-state index in [4.69, 9.17) is 5.11 Å². The van der Waals surface area contributed by atoms with Crippen LogP contribution in [0, 0.1) is 6.92 Å². The molecule has 0 fully saturated rings. The number of rotatable bonds is 3. The van der Waals surface area contributed by atoms with E-state index in [0.29, 0.717) is 22.8 Å². The highest BCUT2D eigenvalue weighted by molar-refractivity contribution is 9.10. The fraction of sp³-hybridized carbons (Fsp3) is 0.0667. The third kappa shape index (κ3) is 2.62. The van der Waals surface area contributed by atoms with Crippen molar-refractivity contribution in [3.8, 4) is 0 Å². The van der Waals surface area contributed by atoms with Crippen LogP contribution in [0.15, 0.2) is 57.3 Å². The van der Waals surface area contributed by atoms with Crippen LogP contribution < -0.4 is 0 Å². The van der Waals surface area contributed by atoms with Crippen molar-refractivity contribution in [1.82, 2.24) is 9.38 Å². The van der Waals surface area contributed by atoms with Crippen molar-refractivity contribution in [2.45, 2.75) is 6.92 Å². The first-order valence-electron chi connectivity index (χ1n) is 6.44. The molecule has 6 nitrogen and oxygen atoms in total. The molecule has 0 bridgehead atoms. The first kappa shape index (κ1) is 14.4. The maximum Gasteiger partial charge on any atom is 0.335 e. The Morgan fingerprint density at radius 2 is 2.05 bits per heavy atom. The van der Waals surface area contributed by atoms with Crippen LogP contribution in [-0.2, 0) is 0 Å². The monoisotopic (exact) mass is 358 g/mol. The number of hydrogen-bond acceptors (Lipinski definition) is 4. The molecule has 3 aromatic rings. The number of carboxylic acid groups (broad SMARTS) is 1. The van der Waals surface area contributed by atoms with Crippen LogP contribution >= 0.6 is 15.9 Å². The highest BCUT2D eigenvalue weighted by atomic mass is 79.9. The van der Waals surface area contributed by atoms with Gasteiger partial charge in [-0.1, -0.05) is 12.1 Å². The molecule has 2 aromatic heterocycles. The highest BCUT2D eigenvalue weighted by Gasteiger charge is 2.11. The van der Waals surface area contributed by atoms with E-state index >= 15 is 0 Å². The Hall–Kier alpha value is -2.54. The lowest BCUT2D eigenvalue weighted by molar-refractivity contribution is 0.0697. The second-order valence-corrected chi connectivity index (χ2v) is 5.48. The lowest BCUT2D eigenvalue weighted by atomic mass is 10.3. The Kier molecular flexibility index (Phi) is 3.72. The average Bonchev–Trinajstić information content (AvgIpc) is 2.81. The normalized spacial score (nSPS) is 11.4. The van der Waals surface area contributed by atoms with Gasteiger partial charge in [-0.2, -0.15) is 0 Å². The number of hydrogen-bond donors (Lipinski definition) is 1. The fourth-order valence-electron chi connectivity index (χ4n) is 2.04. The quantitative estimate of drug-likeness (QED) is 0.699. The Bertz CT molecular complexity index is 902. The van der Waals surface area contributed by atoms with Gasteiger partial charge in [-0.15, -0.1) is 10.2 Å². The lowest BCUT2D eigenvalue weighted by Crippen LogP contribution is -1.97. The minimum atomic E-state index is -0.987. The zero-order valence-corrected chi connectivity index (χ0v) is 13.1. The number of imidazole rings is 1. The summed E-state index contributed by atoms with van der Waals surface area (Å²) in [6.07, 6.45) is 1.63. The summed E-state index contributed by atoms with van der Waals surface area (Å²) in [5, 5.41) is 17.5. The Morgan fingerprint density at radius 1 is 1.27 bits per heavy atom. The summed E-state index contributed by atoms with van der Waals surface area (Å²) >= 11 is 3.41. The van der Waals surface area contributed by atoms with Crippen LogP contribution in [0.2, 0.25) is 0 Å². The van der Waals surface area contributed by atoms with Crippen molar-refractivity contribution < 1.29 is 9.90 Å². The van der Waals surface area contributed by atoms with Crippen LogP contribution in [0.4, 0.5) is 11.5 Å². The molecule has 1 aromatic carbocycles. The third-order valence-corrected chi connectivity index (χ3v) is 3.79. The predicted molar refractivity (Wildman–Crippen MR) is 85.2 cm³/mol. The number of halogens is 1. The van der Waals surface area contributed by atoms with Gasteiger partial charge in [0.15, 0.2) is 5.82 Å². The molecule has 1 N–H and O–H groups in total. The van der Waals surface area contributed by atoms with E-state index in [9.17, 15) is 4.79 Å². The maximum absolute atomic E-state index is 11.0. The summed E-state index contributed by atoms with van der Waals surface area (Å²) in [4.78, 5) is 15.3. The molecule has 0 aliphatic rings. The standard InChI is InChI=1S/C15H11BrN4O2/c1-9-14(19-18-12-5-3-2-4-11(12)16)20-7-6-10(15(21)22)8-13(20)17-9/h2-8H,1H3,(H,21,22). The molecule has 22 heavy (non-hydrogen) atoms. The number of carbonyl (C=O) groups is 1. The van der Waals surface area contributed by atoms with Crippen molar-refractivity contribution in [2.75, 3.05) is 0 Å². The van der Waals surface area contributed by atoms with E-state index in [1.165, 1.54) is 12.1 Å². The minimum absolute atomic E-state index is 0.187. The number of azo groups is 1. The molecule has 0 amide bonds. The molecule has 0 aliphatic heterocycles. The Balaban J connectivity index is 2.06. The summed E-state index contributed by atoms with van der Waals surface area (Å²) in [7, 11) is 0. The molecule has 0 radical (unpaired) electrons. The summed E-state index contributed by atoms with van der Waals surface area (Å²) in [6.45, 7) is 1.81. The van der Waals surface area contributed by atoms with Crippen LogP contribution in [0.3, 0.4) is 0 Å². The SMILES string of the molecule is Cc1nc2cc(C(=O)O)ccn2c1N=Nc1ccccc1Br. The molecule has 0 saturated carbocycles. The number of aromatic nitrogens is 2. The summed E-state index contributed by atoms with van der Waals surface area (Å²) < 4.78 is 2.56. The highest BCUT2D eigenvalue weighted by Crippen LogP contribution is 2.28. The number of aryl methyl sites for hydroxylation is 1. The molecule has 0 spiro atoms. The number of nitrogens with zero attached hydrogens (tertiary/aromatic N) is 4. The van der Waals surface area contributed by atoms with E-state index in [2.05, 4.69) is 31.1 Å². The molecular formula is C15H11BrN4O2. The van der Waals surface area contributed by atoms with E-state index in [0.717, 1.165) is 4.47 Å².